The van der Waals surface area contributed by atoms with E-state index in [4.69, 9.17) is 0 Å². The number of benzene rings is 1. The van der Waals surface area contributed by atoms with Crippen molar-refractivity contribution in [3.63, 3.8) is 0 Å². The summed E-state index contributed by atoms with van der Waals surface area (Å²) < 4.78 is 0.983. The van der Waals surface area contributed by atoms with Gasteiger partial charge in [0, 0.05) is 16.8 Å². The number of carbonyl (C=O) groups is 2. The van der Waals surface area contributed by atoms with Crippen molar-refractivity contribution < 1.29 is 9.59 Å². The molecule has 16 heavy (non-hydrogen) atoms. The van der Waals surface area contributed by atoms with Gasteiger partial charge in [-0.05, 0) is 17.7 Å². The van der Waals surface area contributed by atoms with Gasteiger partial charge in [0.1, 0.15) is 0 Å². The van der Waals surface area contributed by atoms with Gasteiger partial charge in [0.15, 0.2) is 0 Å². The standard InChI is InChI=1S/C11H10BrNO2S/c12-9-3-1-8(2-4-9)7-10(14)13-5-6-16-11(13)15/h1-4H,5-7H2. The van der Waals surface area contributed by atoms with E-state index in [2.05, 4.69) is 15.9 Å². The number of amides is 2. The van der Waals surface area contributed by atoms with Crippen molar-refractivity contribution in [2.45, 2.75) is 6.42 Å². The highest BCUT2D eigenvalue weighted by molar-refractivity contribution is 9.10. The molecule has 0 N–H and O–H groups in total. The molecule has 0 unspecified atom stereocenters. The fourth-order valence-electron chi connectivity index (χ4n) is 1.49. The zero-order valence-electron chi connectivity index (χ0n) is 8.48. The number of rotatable bonds is 2. The van der Waals surface area contributed by atoms with Gasteiger partial charge in [0.25, 0.3) is 5.24 Å². The summed E-state index contributed by atoms with van der Waals surface area (Å²) in [5.74, 6) is 0.600. The van der Waals surface area contributed by atoms with Gasteiger partial charge in [0.05, 0.1) is 6.42 Å². The molecule has 1 aromatic carbocycles. The molecule has 1 aromatic rings. The van der Waals surface area contributed by atoms with Crippen molar-refractivity contribution in [1.82, 2.24) is 4.90 Å². The quantitative estimate of drug-likeness (QED) is 0.842. The minimum absolute atomic E-state index is 0.114. The molecule has 0 radical (unpaired) electrons. The number of thioether (sulfide) groups is 1. The lowest BCUT2D eigenvalue weighted by atomic mass is 10.1. The summed E-state index contributed by atoms with van der Waals surface area (Å²) in [4.78, 5) is 24.4. The Morgan fingerprint density at radius 2 is 2.06 bits per heavy atom. The summed E-state index contributed by atoms with van der Waals surface area (Å²) in [6.07, 6.45) is 0.291. The summed E-state index contributed by atoms with van der Waals surface area (Å²) in [5, 5.41) is -0.123. The Kier molecular flexibility index (Phi) is 3.66. The van der Waals surface area contributed by atoms with Gasteiger partial charge >= 0.3 is 0 Å². The number of hydrogen-bond acceptors (Lipinski definition) is 3. The summed E-state index contributed by atoms with van der Waals surface area (Å²) in [6.45, 7) is 0.541. The average Bonchev–Trinajstić information content (AvgIpc) is 2.68. The van der Waals surface area contributed by atoms with Gasteiger partial charge in [0.2, 0.25) is 5.91 Å². The second kappa shape index (κ2) is 5.01. The zero-order chi connectivity index (χ0) is 11.5. The van der Waals surface area contributed by atoms with Crippen LogP contribution in [0.5, 0.6) is 0 Å². The van der Waals surface area contributed by atoms with E-state index in [1.54, 1.807) is 0 Å². The molecule has 0 aromatic heterocycles. The Hall–Kier alpha value is -0.810. The highest BCUT2D eigenvalue weighted by Crippen LogP contribution is 2.19. The van der Waals surface area contributed by atoms with E-state index in [0.29, 0.717) is 18.7 Å². The molecule has 0 saturated carbocycles. The second-order valence-corrected chi connectivity index (χ2v) is 5.42. The topological polar surface area (TPSA) is 37.4 Å². The minimum Gasteiger partial charge on any atom is -0.274 e. The highest BCUT2D eigenvalue weighted by Gasteiger charge is 2.26. The van der Waals surface area contributed by atoms with Crippen LogP contribution in [0, 0.1) is 0 Å². The molecule has 84 valence electrons. The number of imide groups is 1. The fourth-order valence-corrected chi connectivity index (χ4v) is 2.55. The lowest BCUT2D eigenvalue weighted by molar-refractivity contribution is -0.126. The third kappa shape index (κ3) is 2.65. The first-order valence-electron chi connectivity index (χ1n) is 4.88. The Morgan fingerprint density at radius 1 is 1.38 bits per heavy atom. The largest absolute Gasteiger partial charge is 0.288 e. The SMILES string of the molecule is O=C(Cc1ccc(Br)cc1)N1CCSC1=O. The van der Waals surface area contributed by atoms with Crippen molar-refractivity contribution in [1.29, 1.82) is 0 Å². The van der Waals surface area contributed by atoms with Crippen LogP contribution in [0.4, 0.5) is 4.79 Å². The van der Waals surface area contributed by atoms with Crippen molar-refractivity contribution >= 4 is 38.8 Å². The number of nitrogens with zero attached hydrogens (tertiary/aromatic N) is 1. The third-order valence-corrected chi connectivity index (χ3v) is 3.71. The molecule has 0 bridgehead atoms. The molecule has 1 saturated heterocycles. The predicted octanol–water partition coefficient (Wildman–Crippen LogP) is 2.69. The van der Waals surface area contributed by atoms with Crippen LogP contribution < -0.4 is 0 Å². The predicted molar refractivity (Wildman–Crippen MR) is 67.4 cm³/mol. The first-order valence-corrected chi connectivity index (χ1v) is 6.66. The van der Waals surface area contributed by atoms with Crippen molar-refractivity contribution in [2.75, 3.05) is 12.3 Å². The average molecular weight is 300 g/mol. The molecule has 1 aliphatic rings. The molecule has 0 atom stereocenters. The van der Waals surface area contributed by atoms with Crippen LogP contribution in [-0.2, 0) is 11.2 Å². The maximum absolute atomic E-state index is 11.8. The fraction of sp³-hybridized carbons (Fsp3) is 0.273. The highest BCUT2D eigenvalue weighted by atomic mass is 79.9. The van der Waals surface area contributed by atoms with E-state index in [-0.39, 0.29) is 11.1 Å². The van der Waals surface area contributed by atoms with Crippen LogP contribution in [0.15, 0.2) is 28.7 Å². The molecule has 1 aliphatic heterocycles. The lowest BCUT2D eigenvalue weighted by Crippen LogP contribution is -2.32. The molecule has 2 amide bonds. The Balaban J connectivity index is 2.02. The number of halogens is 1. The Morgan fingerprint density at radius 3 is 2.62 bits per heavy atom. The van der Waals surface area contributed by atoms with E-state index in [0.717, 1.165) is 10.0 Å². The van der Waals surface area contributed by atoms with Gasteiger partial charge in [-0.2, -0.15) is 0 Å². The molecule has 0 aliphatic carbocycles. The van der Waals surface area contributed by atoms with Gasteiger partial charge in [-0.15, -0.1) is 0 Å². The van der Waals surface area contributed by atoms with E-state index in [1.807, 2.05) is 24.3 Å². The van der Waals surface area contributed by atoms with Gasteiger partial charge < -0.3 is 0 Å². The normalized spacial score (nSPS) is 15.6. The first kappa shape index (κ1) is 11.7. The maximum atomic E-state index is 11.8. The Labute approximate surface area is 106 Å². The number of hydrogen-bond donors (Lipinski definition) is 0. The van der Waals surface area contributed by atoms with E-state index in [1.165, 1.54) is 16.7 Å². The third-order valence-electron chi connectivity index (χ3n) is 2.33. The monoisotopic (exact) mass is 299 g/mol. The zero-order valence-corrected chi connectivity index (χ0v) is 10.9. The second-order valence-electron chi connectivity index (χ2n) is 3.46. The van der Waals surface area contributed by atoms with Crippen LogP contribution in [0.3, 0.4) is 0 Å². The smallest absolute Gasteiger partial charge is 0.274 e. The lowest BCUT2D eigenvalue weighted by Gasteiger charge is -2.12. The summed E-state index contributed by atoms with van der Waals surface area (Å²) in [7, 11) is 0. The molecule has 3 nitrogen and oxygen atoms in total. The number of carbonyl (C=O) groups excluding carboxylic acids is 2. The van der Waals surface area contributed by atoms with Crippen molar-refractivity contribution in [3.05, 3.63) is 34.3 Å². The summed E-state index contributed by atoms with van der Waals surface area (Å²) >= 11 is 4.54. The van der Waals surface area contributed by atoms with Crippen LogP contribution >= 0.6 is 27.7 Å². The van der Waals surface area contributed by atoms with E-state index in [9.17, 15) is 9.59 Å². The molecule has 1 heterocycles. The molecule has 2 rings (SSSR count). The van der Waals surface area contributed by atoms with Crippen LogP contribution in [0.25, 0.3) is 0 Å². The first-order chi connectivity index (χ1) is 7.66. The van der Waals surface area contributed by atoms with E-state index >= 15 is 0 Å². The molecular weight excluding hydrogens is 290 g/mol. The summed E-state index contributed by atoms with van der Waals surface area (Å²) in [6, 6.07) is 7.55. The van der Waals surface area contributed by atoms with Gasteiger partial charge in [-0.3, -0.25) is 14.5 Å². The molecule has 5 heteroatoms. The summed E-state index contributed by atoms with van der Waals surface area (Å²) in [5.41, 5.74) is 0.929. The van der Waals surface area contributed by atoms with Crippen LogP contribution in [0.1, 0.15) is 5.56 Å². The van der Waals surface area contributed by atoms with Gasteiger partial charge in [-0.25, -0.2) is 0 Å². The van der Waals surface area contributed by atoms with Gasteiger partial charge in [-0.1, -0.05) is 39.8 Å². The van der Waals surface area contributed by atoms with Crippen LogP contribution in [-0.4, -0.2) is 28.3 Å². The Bertz CT molecular complexity index is 418. The molecular formula is C11H10BrNO2S. The van der Waals surface area contributed by atoms with Crippen molar-refractivity contribution in [3.8, 4) is 0 Å². The minimum atomic E-state index is -0.123. The molecule has 0 spiro atoms. The van der Waals surface area contributed by atoms with E-state index < -0.39 is 0 Å². The van der Waals surface area contributed by atoms with Crippen molar-refractivity contribution in [2.24, 2.45) is 0 Å². The van der Waals surface area contributed by atoms with Crippen LogP contribution in [0.2, 0.25) is 0 Å². The maximum Gasteiger partial charge on any atom is 0.288 e. The molecule has 1 fully saturated rings.